The average molecular weight is 283 g/mol. The van der Waals surface area contributed by atoms with Crippen molar-refractivity contribution in [2.24, 2.45) is 0 Å². The summed E-state index contributed by atoms with van der Waals surface area (Å²) in [5.41, 5.74) is 0. The molecule has 0 spiro atoms. The van der Waals surface area contributed by atoms with E-state index in [0.29, 0.717) is 4.08 Å². The standard InChI is InChI=1S/C6H12S2.C5H10S2/c1-6(2)7-4-3-5-8-6;1-5-6-3-2-4-7-5/h3-5H2,1-2H3;5H,2-4H2,1H3. The summed E-state index contributed by atoms with van der Waals surface area (Å²) in [4.78, 5) is 0. The maximum Gasteiger partial charge on any atom is 0.0555 e. The average Bonchev–Trinajstić information content (AvgIpc) is 2.19. The van der Waals surface area contributed by atoms with E-state index in [4.69, 9.17) is 0 Å². The van der Waals surface area contributed by atoms with E-state index in [1.807, 2.05) is 0 Å². The summed E-state index contributed by atoms with van der Waals surface area (Å²) in [5.74, 6) is 5.49. The fourth-order valence-electron chi connectivity index (χ4n) is 1.34. The van der Waals surface area contributed by atoms with E-state index in [-0.39, 0.29) is 0 Å². The highest BCUT2D eigenvalue weighted by atomic mass is 32.2. The normalized spacial score (nSPS) is 26.6. The summed E-state index contributed by atoms with van der Waals surface area (Å²) in [5, 5.41) is 0. The first-order valence-corrected chi connectivity index (χ1v) is 9.68. The van der Waals surface area contributed by atoms with Crippen molar-refractivity contribution >= 4 is 47.0 Å². The molecular formula is C11H22S4. The first-order chi connectivity index (χ1) is 7.10. The second-order valence-electron chi connectivity index (χ2n) is 4.11. The molecule has 0 N–H and O–H groups in total. The summed E-state index contributed by atoms with van der Waals surface area (Å²) in [6, 6.07) is 0. The van der Waals surface area contributed by atoms with Crippen LogP contribution in [0.1, 0.15) is 33.6 Å². The van der Waals surface area contributed by atoms with Crippen LogP contribution >= 0.6 is 47.0 Å². The molecule has 2 fully saturated rings. The zero-order chi connectivity index (χ0) is 11.1. The lowest BCUT2D eigenvalue weighted by atomic mass is 10.5. The molecule has 2 heterocycles. The summed E-state index contributed by atoms with van der Waals surface area (Å²) in [6.45, 7) is 6.90. The van der Waals surface area contributed by atoms with Gasteiger partial charge in [0.25, 0.3) is 0 Å². The van der Waals surface area contributed by atoms with Crippen LogP contribution in [0, 0.1) is 0 Å². The highest BCUT2D eigenvalue weighted by Crippen LogP contribution is 2.40. The quantitative estimate of drug-likeness (QED) is 0.626. The van der Waals surface area contributed by atoms with Crippen molar-refractivity contribution in [2.75, 3.05) is 23.0 Å². The topological polar surface area (TPSA) is 0 Å². The molecule has 0 aromatic carbocycles. The van der Waals surface area contributed by atoms with Crippen LogP contribution in [-0.4, -0.2) is 31.7 Å². The van der Waals surface area contributed by atoms with Gasteiger partial charge in [-0.05, 0) is 56.6 Å². The van der Waals surface area contributed by atoms with Crippen LogP contribution in [0.3, 0.4) is 0 Å². The van der Waals surface area contributed by atoms with Crippen molar-refractivity contribution in [2.45, 2.75) is 42.3 Å². The molecule has 0 radical (unpaired) electrons. The fraction of sp³-hybridized carbons (Fsp3) is 1.00. The first-order valence-electron chi connectivity index (χ1n) is 5.61. The first kappa shape index (κ1) is 14.5. The molecule has 2 saturated heterocycles. The van der Waals surface area contributed by atoms with Gasteiger partial charge >= 0.3 is 0 Å². The smallest absolute Gasteiger partial charge is 0.0555 e. The van der Waals surface area contributed by atoms with Gasteiger partial charge in [0.15, 0.2) is 0 Å². The van der Waals surface area contributed by atoms with Gasteiger partial charge in [0.05, 0.1) is 4.08 Å². The highest BCUT2D eigenvalue weighted by molar-refractivity contribution is 8.18. The lowest BCUT2D eigenvalue weighted by Crippen LogP contribution is -2.15. The molecule has 0 amide bonds. The monoisotopic (exact) mass is 282 g/mol. The minimum Gasteiger partial charge on any atom is -0.148 e. The third-order valence-electron chi connectivity index (χ3n) is 2.18. The third-order valence-corrected chi connectivity index (χ3v) is 8.07. The molecule has 15 heavy (non-hydrogen) atoms. The molecule has 2 rings (SSSR count). The second kappa shape index (κ2) is 7.67. The summed E-state index contributed by atoms with van der Waals surface area (Å²) < 4.78 is 1.38. The lowest BCUT2D eigenvalue weighted by molar-refractivity contribution is 0.976. The molecule has 0 atom stereocenters. The van der Waals surface area contributed by atoms with Crippen LogP contribution in [0.25, 0.3) is 0 Å². The van der Waals surface area contributed by atoms with Gasteiger partial charge in [-0.2, -0.15) is 0 Å². The molecule has 0 bridgehead atoms. The molecular weight excluding hydrogens is 260 g/mol. The van der Waals surface area contributed by atoms with Gasteiger partial charge in [0.1, 0.15) is 0 Å². The van der Waals surface area contributed by atoms with E-state index in [9.17, 15) is 0 Å². The predicted octanol–water partition coefficient (Wildman–Crippen LogP) is 4.80. The van der Waals surface area contributed by atoms with Crippen molar-refractivity contribution in [3.05, 3.63) is 0 Å². The van der Waals surface area contributed by atoms with Gasteiger partial charge in [-0.3, -0.25) is 0 Å². The van der Waals surface area contributed by atoms with Crippen LogP contribution in [0.5, 0.6) is 0 Å². The van der Waals surface area contributed by atoms with E-state index in [1.165, 1.54) is 35.9 Å². The van der Waals surface area contributed by atoms with Gasteiger partial charge in [-0.15, -0.1) is 47.0 Å². The maximum absolute atomic E-state index is 2.31. The Bertz CT molecular complexity index is 156. The molecule has 2 aliphatic heterocycles. The largest absolute Gasteiger partial charge is 0.148 e. The number of hydrogen-bond donors (Lipinski definition) is 0. The molecule has 0 unspecified atom stereocenters. The maximum atomic E-state index is 2.31. The van der Waals surface area contributed by atoms with Gasteiger partial charge < -0.3 is 0 Å². The van der Waals surface area contributed by atoms with Crippen molar-refractivity contribution in [1.29, 1.82) is 0 Å². The van der Waals surface area contributed by atoms with E-state index in [0.717, 1.165) is 4.58 Å². The van der Waals surface area contributed by atoms with Gasteiger partial charge in [-0.1, -0.05) is 0 Å². The van der Waals surface area contributed by atoms with E-state index in [1.54, 1.807) is 0 Å². The SMILES string of the molecule is CC1(C)SCCCS1.CC1SCCCS1. The minimum absolute atomic E-state index is 0.512. The Hall–Kier alpha value is 1.40. The molecule has 2 aliphatic rings. The van der Waals surface area contributed by atoms with Crippen LogP contribution in [0.15, 0.2) is 0 Å². The van der Waals surface area contributed by atoms with Gasteiger partial charge in [0, 0.05) is 4.58 Å². The highest BCUT2D eigenvalue weighted by Gasteiger charge is 2.21. The van der Waals surface area contributed by atoms with Gasteiger partial charge in [-0.25, -0.2) is 0 Å². The molecule has 4 heteroatoms. The number of thioether (sulfide) groups is 4. The summed E-state index contributed by atoms with van der Waals surface area (Å²) in [6.07, 6.45) is 2.82. The Morgan fingerprint density at radius 1 is 0.867 bits per heavy atom. The van der Waals surface area contributed by atoms with Crippen molar-refractivity contribution < 1.29 is 0 Å². The van der Waals surface area contributed by atoms with Crippen molar-refractivity contribution in [3.8, 4) is 0 Å². The number of rotatable bonds is 0. The predicted molar refractivity (Wildman–Crippen MR) is 82.6 cm³/mol. The number of hydrogen-bond acceptors (Lipinski definition) is 4. The minimum atomic E-state index is 0.512. The Morgan fingerprint density at radius 3 is 1.60 bits per heavy atom. The Morgan fingerprint density at radius 2 is 1.33 bits per heavy atom. The van der Waals surface area contributed by atoms with E-state index < -0.39 is 0 Å². The fourth-order valence-corrected chi connectivity index (χ4v) is 6.35. The summed E-state index contributed by atoms with van der Waals surface area (Å²) >= 11 is 8.33. The molecule has 0 nitrogen and oxygen atoms in total. The molecule has 0 aromatic rings. The van der Waals surface area contributed by atoms with Gasteiger partial charge in [0.2, 0.25) is 0 Å². The summed E-state index contributed by atoms with van der Waals surface area (Å²) in [7, 11) is 0. The lowest BCUT2D eigenvalue weighted by Gasteiger charge is -2.27. The molecule has 90 valence electrons. The molecule has 0 aliphatic carbocycles. The Labute approximate surface area is 112 Å². The second-order valence-corrected chi connectivity index (χ2v) is 11.0. The third kappa shape index (κ3) is 7.35. The molecule has 0 saturated carbocycles. The van der Waals surface area contributed by atoms with Crippen molar-refractivity contribution in [3.63, 3.8) is 0 Å². The molecule has 0 aromatic heterocycles. The van der Waals surface area contributed by atoms with Crippen LogP contribution < -0.4 is 0 Å². The zero-order valence-electron chi connectivity index (χ0n) is 9.95. The van der Waals surface area contributed by atoms with Crippen LogP contribution in [0.4, 0.5) is 0 Å². The Balaban J connectivity index is 0.000000151. The van der Waals surface area contributed by atoms with Crippen molar-refractivity contribution in [1.82, 2.24) is 0 Å². The van der Waals surface area contributed by atoms with E-state index in [2.05, 4.69) is 67.8 Å². The van der Waals surface area contributed by atoms with Crippen LogP contribution in [-0.2, 0) is 0 Å². The Kier molecular flexibility index (Phi) is 7.40. The zero-order valence-corrected chi connectivity index (χ0v) is 13.2. The van der Waals surface area contributed by atoms with Crippen LogP contribution in [0.2, 0.25) is 0 Å². The van der Waals surface area contributed by atoms with E-state index >= 15 is 0 Å².